The molecule has 2 saturated heterocycles. The zero-order valence-electron chi connectivity index (χ0n) is 15.0. The van der Waals surface area contributed by atoms with E-state index in [1.807, 2.05) is 0 Å². The standard InChI is InChI=1S/C18H36N2O/c1-16(2)13-14(18(5,6)21-16)15(19)17(3,4)20-11-9-7-8-10-12-20/h14-15H,7-13,19H2,1-6H3. The third kappa shape index (κ3) is 3.62. The molecule has 2 unspecified atom stereocenters. The van der Waals surface area contributed by atoms with E-state index < -0.39 is 0 Å². The van der Waals surface area contributed by atoms with E-state index in [1.54, 1.807) is 0 Å². The SMILES string of the molecule is CC1(C)CC(C(N)C(C)(C)N2CCCCCC2)C(C)(C)O1. The van der Waals surface area contributed by atoms with E-state index in [9.17, 15) is 0 Å². The van der Waals surface area contributed by atoms with Crippen molar-refractivity contribution >= 4 is 0 Å². The van der Waals surface area contributed by atoms with E-state index in [-0.39, 0.29) is 22.8 Å². The van der Waals surface area contributed by atoms with Crippen LogP contribution in [-0.4, -0.2) is 40.8 Å². The Morgan fingerprint density at radius 3 is 2.00 bits per heavy atom. The van der Waals surface area contributed by atoms with Gasteiger partial charge in [0.2, 0.25) is 0 Å². The molecule has 2 aliphatic rings. The molecule has 2 N–H and O–H groups in total. The Bertz CT molecular complexity index is 354. The molecule has 2 atom stereocenters. The zero-order valence-corrected chi connectivity index (χ0v) is 15.0. The van der Waals surface area contributed by atoms with Gasteiger partial charge < -0.3 is 10.5 Å². The molecule has 0 aliphatic carbocycles. The van der Waals surface area contributed by atoms with Crippen LogP contribution < -0.4 is 5.73 Å². The molecule has 0 radical (unpaired) electrons. The van der Waals surface area contributed by atoms with Crippen molar-refractivity contribution in [3.8, 4) is 0 Å². The van der Waals surface area contributed by atoms with Gasteiger partial charge in [0, 0.05) is 17.5 Å². The van der Waals surface area contributed by atoms with Gasteiger partial charge in [-0.2, -0.15) is 0 Å². The van der Waals surface area contributed by atoms with Gasteiger partial charge in [-0.05, 0) is 73.9 Å². The largest absolute Gasteiger partial charge is 0.369 e. The van der Waals surface area contributed by atoms with E-state index in [0.29, 0.717) is 5.92 Å². The van der Waals surface area contributed by atoms with Gasteiger partial charge in [-0.25, -0.2) is 0 Å². The Morgan fingerprint density at radius 2 is 1.57 bits per heavy atom. The highest BCUT2D eigenvalue weighted by molar-refractivity contribution is 5.05. The minimum atomic E-state index is -0.133. The number of nitrogens with zero attached hydrogens (tertiary/aromatic N) is 1. The van der Waals surface area contributed by atoms with Crippen LogP contribution in [0.25, 0.3) is 0 Å². The van der Waals surface area contributed by atoms with Crippen molar-refractivity contribution < 1.29 is 4.74 Å². The van der Waals surface area contributed by atoms with Crippen molar-refractivity contribution in [1.82, 2.24) is 4.90 Å². The Balaban J connectivity index is 2.15. The van der Waals surface area contributed by atoms with Crippen molar-refractivity contribution in [2.45, 2.75) is 96.4 Å². The van der Waals surface area contributed by atoms with E-state index >= 15 is 0 Å². The minimum Gasteiger partial charge on any atom is -0.369 e. The van der Waals surface area contributed by atoms with Gasteiger partial charge in [-0.1, -0.05) is 12.8 Å². The second-order valence-corrected chi connectivity index (χ2v) is 8.86. The molecule has 0 aromatic rings. The Kier molecular flexibility index (Phi) is 4.78. The third-order valence-corrected chi connectivity index (χ3v) is 5.81. The molecule has 2 heterocycles. The molecule has 3 nitrogen and oxygen atoms in total. The summed E-state index contributed by atoms with van der Waals surface area (Å²) in [7, 11) is 0. The normalized spacial score (nSPS) is 31.9. The molecule has 2 fully saturated rings. The molecule has 0 aromatic heterocycles. The molecular formula is C18H36N2O. The van der Waals surface area contributed by atoms with Gasteiger partial charge in [-0.3, -0.25) is 4.90 Å². The molecule has 124 valence electrons. The van der Waals surface area contributed by atoms with E-state index in [0.717, 1.165) is 6.42 Å². The maximum atomic E-state index is 6.81. The molecule has 21 heavy (non-hydrogen) atoms. The molecule has 0 amide bonds. The van der Waals surface area contributed by atoms with Crippen LogP contribution in [0.1, 0.15) is 73.6 Å². The first kappa shape index (κ1) is 17.2. The lowest BCUT2D eigenvalue weighted by atomic mass is 9.74. The minimum absolute atomic E-state index is 0.0378. The van der Waals surface area contributed by atoms with Crippen molar-refractivity contribution in [2.75, 3.05) is 13.1 Å². The topological polar surface area (TPSA) is 38.5 Å². The predicted octanol–water partition coefficient (Wildman–Crippen LogP) is 3.56. The summed E-state index contributed by atoms with van der Waals surface area (Å²) in [5.41, 5.74) is 6.66. The summed E-state index contributed by atoms with van der Waals surface area (Å²) in [5, 5.41) is 0. The smallest absolute Gasteiger partial charge is 0.0678 e. The van der Waals surface area contributed by atoms with E-state index in [2.05, 4.69) is 46.4 Å². The van der Waals surface area contributed by atoms with Crippen LogP contribution in [0.2, 0.25) is 0 Å². The Labute approximate surface area is 131 Å². The molecule has 3 heteroatoms. The summed E-state index contributed by atoms with van der Waals surface area (Å²) in [6.45, 7) is 15.9. The fourth-order valence-electron chi connectivity index (χ4n) is 4.51. The zero-order chi connectivity index (χ0) is 15.9. The van der Waals surface area contributed by atoms with Gasteiger partial charge in [0.1, 0.15) is 0 Å². The quantitative estimate of drug-likeness (QED) is 0.865. The fraction of sp³-hybridized carbons (Fsp3) is 1.00. The Morgan fingerprint density at radius 1 is 1.05 bits per heavy atom. The first-order valence-electron chi connectivity index (χ1n) is 8.77. The number of likely N-dealkylation sites (tertiary alicyclic amines) is 1. The molecule has 2 rings (SSSR count). The second-order valence-electron chi connectivity index (χ2n) is 8.86. The molecular weight excluding hydrogens is 260 g/mol. The number of hydrogen-bond acceptors (Lipinski definition) is 3. The van der Waals surface area contributed by atoms with Crippen molar-refractivity contribution in [1.29, 1.82) is 0 Å². The van der Waals surface area contributed by atoms with Crippen molar-refractivity contribution in [3.63, 3.8) is 0 Å². The summed E-state index contributed by atoms with van der Waals surface area (Å²) < 4.78 is 6.28. The van der Waals surface area contributed by atoms with Gasteiger partial charge >= 0.3 is 0 Å². The second kappa shape index (κ2) is 5.82. The maximum Gasteiger partial charge on any atom is 0.0678 e. The third-order valence-electron chi connectivity index (χ3n) is 5.81. The monoisotopic (exact) mass is 296 g/mol. The summed E-state index contributed by atoms with van der Waals surface area (Å²) in [4.78, 5) is 2.63. The Hall–Kier alpha value is -0.120. The van der Waals surface area contributed by atoms with Crippen molar-refractivity contribution in [3.05, 3.63) is 0 Å². The van der Waals surface area contributed by atoms with Crippen LogP contribution in [0.4, 0.5) is 0 Å². The maximum absolute atomic E-state index is 6.81. The number of rotatable bonds is 3. The predicted molar refractivity (Wildman–Crippen MR) is 89.4 cm³/mol. The van der Waals surface area contributed by atoms with Gasteiger partial charge in [0.05, 0.1) is 11.2 Å². The van der Waals surface area contributed by atoms with E-state index in [1.165, 1.54) is 38.8 Å². The van der Waals surface area contributed by atoms with Crippen LogP contribution in [0.15, 0.2) is 0 Å². The molecule has 0 bridgehead atoms. The van der Waals surface area contributed by atoms with Crippen LogP contribution in [0.5, 0.6) is 0 Å². The summed E-state index contributed by atoms with van der Waals surface area (Å²) in [6, 6.07) is 0.146. The van der Waals surface area contributed by atoms with Gasteiger partial charge in [0.25, 0.3) is 0 Å². The number of ether oxygens (including phenoxy) is 1. The average Bonchev–Trinajstić information content (AvgIpc) is 2.57. The highest BCUT2D eigenvalue weighted by atomic mass is 16.5. The summed E-state index contributed by atoms with van der Waals surface area (Å²) >= 11 is 0. The molecule has 2 aliphatic heterocycles. The summed E-state index contributed by atoms with van der Waals surface area (Å²) in [6.07, 6.45) is 6.41. The molecule has 0 saturated carbocycles. The van der Waals surface area contributed by atoms with Crippen molar-refractivity contribution in [2.24, 2.45) is 11.7 Å². The number of nitrogens with two attached hydrogens (primary N) is 1. The van der Waals surface area contributed by atoms with Gasteiger partial charge in [-0.15, -0.1) is 0 Å². The lowest BCUT2D eigenvalue weighted by Gasteiger charge is -2.46. The van der Waals surface area contributed by atoms with Crippen LogP contribution in [0.3, 0.4) is 0 Å². The average molecular weight is 296 g/mol. The van der Waals surface area contributed by atoms with Crippen LogP contribution in [0, 0.1) is 5.92 Å². The van der Waals surface area contributed by atoms with E-state index in [4.69, 9.17) is 10.5 Å². The van der Waals surface area contributed by atoms with Crippen LogP contribution in [-0.2, 0) is 4.74 Å². The summed E-state index contributed by atoms with van der Waals surface area (Å²) in [5.74, 6) is 0.408. The highest BCUT2D eigenvalue weighted by Gasteiger charge is 2.52. The number of hydrogen-bond donors (Lipinski definition) is 1. The van der Waals surface area contributed by atoms with Crippen LogP contribution >= 0.6 is 0 Å². The van der Waals surface area contributed by atoms with Gasteiger partial charge in [0.15, 0.2) is 0 Å². The molecule has 0 aromatic carbocycles. The first-order chi connectivity index (χ1) is 9.56. The molecule has 0 spiro atoms. The fourth-order valence-corrected chi connectivity index (χ4v) is 4.51. The highest BCUT2D eigenvalue weighted by Crippen LogP contribution is 2.45. The lowest BCUT2D eigenvalue weighted by molar-refractivity contribution is -0.0821. The lowest BCUT2D eigenvalue weighted by Crippen LogP contribution is -2.61. The first-order valence-corrected chi connectivity index (χ1v) is 8.77.